The zero-order valence-corrected chi connectivity index (χ0v) is 20.9. The van der Waals surface area contributed by atoms with Crippen molar-refractivity contribution in [3.05, 3.63) is 63.6 Å². The second-order valence-corrected chi connectivity index (χ2v) is 8.36. The van der Waals surface area contributed by atoms with Crippen LogP contribution in [0.25, 0.3) is 0 Å². The molecule has 0 aliphatic carbocycles. The van der Waals surface area contributed by atoms with Crippen molar-refractivity contribution in [3.8, 4) is 0 Å². The number of amides is 2. The zero-order valence-electron chi connectivity index (χ0n) is 19.4. The van der Waals surface area contributed by atoms with Crippen LogP contribution >= 0.6 is 23.2 Å². The monoisotopic (exact) mass is 507 g/mol. The zero-order chi connectivity index (χ0) is 25.3. The summed E-state index contributed by atoms with van der Waals surface area (Å²) in [7, 11) is 1.35. The summed E-state index contributed by atoms with van der Waals surface area (Å²) in [5, 5.41) is 9.66. The van der Waals surface area contributed by atoms with E-state index in [0.29, 0.717) is 5.69 Å². The molecule has 34 heavy (non-hydrogen) atoms. The Bertz CT molecular complexity index is 1030. The van der Waals surface area contributed by atoms with Crippen LogP contribution in [-0.2, 0) is 25.6 Å². The van der Waals surface area contributed by atoms with Crippen LogP contribution in [0.3, 0.4) is 0 Å². The van der Waals surface area contributed by atoms with Gasteiger partial charge in [0.2, 0.25) is 0 Å². The van der Waals surface area contributed by atoms with Crippen molar-refractivity contribution in [1.82, 2.24) is 5.32 Å². The number of hydrogen-bond donors (Lipinski definition) is 2. The van der Waals surface area contributed by atoms with Crippen LogP contribution in [0.1, 0.15) is 36.7 Å². The van der Waals surface area contributed by atoms with Crippen LogP contribution in [-0.4, -0.2) is 43.3 Å². The predicted octanol–water partition coefficient (Wildman–Crippen LogP) is 4.49. The van der Waals surface area contributed by atoms with E-state index in [-0.39, 0.29) is 40.3 Å². The number of ether oxygens (including phenoxy) is 1. The molecule has 0 spiro atoms. The number of carbonyl (C=O) groups excluding carboxylic acids is 3. The van der Waals surface area contributed by atoms with Gasteiger partial charge in [-0.15, -0.1) is 0 Å². The molecule has 2 rings (SSSR count). The standard InChI is InChI=1S/C24H27Cl2N3O5/c1-5-34-24(32)19(28-23(31)21(14(2)3)29-33-4)13-15-9-11-16(12-10-15)27-22(30)20-17(25)7-6-8-18(20)26/h6-12,14,19H,5,13H2,1-4H3,(H,27,30)(H,28,31)/t19-/m0/s1. The first-order valence-electron chi connectivity index (χ1n) is 10.6. The average molecular weight is 508 g/mol. The fourth-order valence-corrected chi connectivity index (χ4v) is 3.61. The predicted molar refractivity (Wildman–Crippen MR) is 132 cm³/mol. The van der Waals surface area contributed by atoms with Gasteiger partial charge in [0.15, 0.2) is 0 Å². The third-order valence-electron chi connectivity index (χ3n) is 4.69. The number of nitrogens with zero attached hydrogens (tertiary/aromatic N) is 1. The summed E-state index contributed by atoms with van der Waals surface area (Å²) in [5.41, 5.74) is 1.59. The maximum Gasteiger partial charge on any atom is 0.328 e. The number of esters is 1. The van der Waals surface area contributed by atoms with E-state index in [9.17, 15) is 14.4 Å². The second-order valence-electron chi connectivity index (χ2n) is 7.54. The molecule has 0 saturated carbocycles. The number of halogens is 2. The third kappa shape index (κ3) is 7.46. The lowest BCUT2D eigenvalue weighted by Crippen LogP contribution is -2.47. The minimum absolute atomic E-state index is 0.160. The largest absolute Gasteiger partial charge is 0.464 e. The van der Waals surface area contributed by atoms with Gasteiger partial charge in [0.05, 0.1) is 22.2 Å². The summed E-state index contributed by atoms with van der Waals surface area (Å²) in [6, 6.07) is 10.7. The van der Waals surface area contributed by atoms with Crippen molar-refractivity contribution >= 4 is 52.4 Å². The summed E-state index contributed by atoms with van der Waals surface area (Å²) in [4.78, 5) is 42.4. The summed E-state index contributed by atoms with van der Waals surface area (Å²) < 4.78 is 5.12. The molecule has 2 amide bonds. The van der Waals surface area contributed by atoms with E-state index in [1.807, 2.05) is 0 Å². The molecule has 2 aromatic carbocycles. The lowest BCUT2D eigenvalue weighted by atomic mass is 10.0. The van der Waals surface area contributed by atoms with Gasteiger partial charge < -0.3 is 20.2 Å². The highest BCUT2D eigenvalue weighted by Crippen LogP contribution is 2.25. The van der Waals surface area contributed by atoms with Crippen LogP contribution in [0.2, 0.25) is 10.0 Å². The van der Waals surface area contributed by atoms with Gasteiger partial charge in [-0.1, -0.05) is 60.4 Å². The highest BCUT2D eigenvalue weighted by molar-refractivity contribution is 6.40. The van der Waals surface area contributed by atoms with Crippen LogP contribution in [0, 0.1) is 5.92 Å². The Morgan fingerprint density at radius 3 is 2.18 bits per heavy atom. The molecule has 0 radical (unpaired) electrons. The minimum Gasteiger partial charge on any atom is -0.464 e. The van der Waals surface area contributed by atoms with Crippen LogP contribution < -0.4 is 10.6 Å². The number of hydrogen-bond acceptors (Lipinski definition) is 6. The first kappa shape index (κ1) is 27.1. The molecule has 1 atom stereocenters. The molecular formula is C24H27Cl2N3O5. The Hall–Kier alpha value is -3.10. The fourth-order valence-electron chi connectivity index (χ4n) is 3.04. The van der Waals surface area contributed by atoms with Crippen molar-refractivity contribution in [3.63, 3.8) is 0 Å². The molecule has 2 aromatic rings. The number of nitrogens with one attached hydrogen (secondary N) is 2. The van der Waals surface area contributed by atoms with Gasteiger partial charge in [-0.2, -0.15) is 0 Å². The van der Waals surface area contributed by atoms with Crippen molar-refractivity contribution in [2.45, 2.75) is 33.2 Å². The molecular weight excluding hydrogens is 481 g/mol. The van der Waals surface area contributed by atoms with E-state index < -0.39 is 23.8 Å². The summed E-state index contributed by atoms with van der Waals surface area (Å²) >= 11 is 12.2. The Morgan fingerprint density at radius 2 is 1.65 bits per heavy atom. The maximum absolute atomic E-state index is 12.7. The molecule has 0 aliphatic rings. The normalized spacial score (nSPS) is 12.1. The topological polar surface area (TPSA) is 106 Å². The molecule has 10 heteroatoms. The smallest absolute Gasteiger partial charge is 0.328 e. The summed E-state index contributed by atoms with van der Waals surface area (Å²) in [5.74, 6) is -1.74. The molecule has 0 bridgehead atoms. The number of carbonyl (C=O) groups is 3. The Morgan fingerprint density at radius 1 is 1.03 bits per heavy atom. The summed E-state index contributed by atoms with van der Waals surface area (Å²) in [6.45, 7) is 5.44. The Balaban J connectivity index is 2.15. The first-order chi connectivity index (χ1) is 16.2. The summed E-state index contributed by atoms with van der Waals surface area (Å²) in [6.07, 6.45) is 0.174. The van der Waals surface area contributed by atoms with Gasteiger partial charge in [0.1, 0.15) is 18.9 Å². The quantitative estimate of drug-likeness (QED) is 0.279. The van der Waals surface area contributed by atoms with Crippen molar-refractivity contribution in [1.29, 1.82) is 0 Å². The lowest BCUT2D eigenvalue weighted by Gasteiger charge is -2.19. The van der Waals surface area contributed by atoms with Gasteiger partial charge >= 0.3 is 5.97 Å². The van der Waals surface area contributed by atoms with Gasteiger partial charge in [-0.25, -0.2) is 4.79 Å². The molecule has 0 heterocycles. The van der Waals surface area contributed by atoms with E-state index in [1.165, 1.54) is 7.11 Å². The van der Waals surface area contributed by atoms with E-state index in [2.05, 4.69) is 15.8 Å². The Kier molecular flexibility index (Phi) is 10.3. The van der Waals surface area contributed by atoms with Gasteiger partial charge in [-0.3, -0.25) is 9.59 Å². The molecule has 8 nitrogen and oxygen atoms in total. The average Bonchev–Trinajstić information content (AvgIpc) is 2.78. The van der Waals surface area contributed by atoms with E-state index in [1.54, 1.807) is 63.2 Å². The third-order valence-corrected chi connectivity index (χ3v) is 5.32. The van der Waals surface area contributed by atoms with E-state index in [4.69, 9.17) is 32.8 Å². The van der Waals surface area contributed by atoms with E-state index in [0.717, 1.165) is 5.56 Å². The molecule has 0 saturated heterocycles. The van der Waals surface area contributed by atoms with Crippen molar-refractivity contribution in [2.24, 2.45) is 11.1 Å². The maximum atomic E-state index is 12.7. The van der Waals surface area contributed by atoms with E-state index >= 15 is 0 Å². The first-order valence-corrected chi connectivity index (χ1v) is 11.4. The molecule has 0 aliphatic heterocycles. The molecule has 0 fully saturated rings. The van der Waals surface area contributed by atoms with Crippen LogP contribution in [0.5, 0.6) is 0 Å². The van der Waals surface area contributed by atoms with Crippen LogP contribution in [0.15, 0.2) is 47.6 Å². The minimum atomic E-state index is -0.935. The SMILES string of the molecule is CCOC(=O)[C@H](Cc1ccc(NC(=O)c2c(Cl)cccc2Cl)cc1)NC(=O)C(=NOC)C(C)C. The van der Waals surface area contributed by atoms with Crippen LogP contribution in [0.4, 0.5) is 5.69 Å². The number of anilines is 1. The van der Waals surface area contributed by atoms with Gasteiger partial charge in [0.25, 0.3) is 11.8 Å². The van der Waals surface area contributed by atoms with Crippen molar-refractivity contribution < 1.29 is 24.0 Å². The Labute approximate surface area is 208 Å². The second kappa shape index (κ2) is 13.0. The molecule has 0 unspecified atom stereocenters. The highest BCUT2D eigenvalue weighted by Gasteiger charge is 2.26. The molecule has 182 valence electrons. The molecule has 2 N–H and O–H groups in total. The molecule has 0 aromatic heterocycles. The van der Waals surface area contributed by atoms with Gasteiger partial charge in [-0.05, 0) is 36.8 Å². The van der Waals surface area contributed by atoms with Crippen molar-refractivity contribution in [2.75, 3.05) is 19.0 Å². The highest BCUT2D eigenvalue weighted by atomic mass is 35.5. The fraction of sp³-hybridized carbons (Fsp3) is 0.333. The number of oxime groups is 1. The number of benzene rings is 2. The van der Waals surface area contributed by atoms with Gasteiger partial charge in [0, 0.05) is 18.0 Å². The number of rotatable bonds is 10. The lowest BCUT2D eigenvalue weighted by molar-refractivity contribution is -0.146.